The third-order valence-electron chi connectivity index (χ3n) is 13.0. The number of hydrogen-bond donors (Lipinski definition) is 0. The summed E-state index contributed by atoms with van der Waals surface area (Å²) in [6.07, 6.45) is 13.4. The molecule has 3 aromatic carbocycles. The first-order valence-corrected chi connectivity index (χ1v) is 27.7. The van der Waals surface area contributed by atoms with Gasteiger partial charge < -0.3 is 4.90 Å². The van der Waals surface area contributed by atoms with E-state index in [1.807, 2.05) is 0 Å². The Balaban J connectivity index is 1.44. The summed E-state index contributed by atoms with van der Waals surface area (Å²) in [5.74, 6) is 1.89. The molecule has 3 heterocycles. The second-order valence-corrected chi connectivity index (χ2v) is 29.8. The quantitative estimate of drug-likeness (QED) is 0.233. The minimum absolute atomic E-state index is 0.624. The van der Waals surface area contributed by atoms with Crippen molar-refractivity contribution in [1.82, 2.24) is 4.67 Å². The summed E-state index contributed by atoms with van der Waals surface area (Å²) in [5, 5.41) is 8.66. The second-order valence-electron chi connectivity index (χ2n) is 15.6. The number of anilines is 3. The van der Waals surface area contributed by atoms with Crippen molar-refractivity contribution in [2.24, 2.45) is 0 Å². The van der Waals surface area contributed by atoms with Gasteiger partial charge in [0.15, 0.2) is 0 Å². The van der Waals surface area contributed by atoms with E-state index in [9.17, 15) is 0 Å². The molecule has 3 aliphatic heterocycles. The Hall–Kier alpha value is -0.630. The smallest absolute Gasteiger partial charge is 0.0751 e. The zero-order valence-electron chi connectivity index (χ0n) is 28.6. The van der Waals surface area contributed by atoms with Crippen LogP contribution in [0.3, 0.4) is 0 Å². The SMILES string of the molecule is CCN(CC)P1(=S)c2cc(C3CCCC3)cc3c2N2c4c(cc(C5CCCC5)cc4P(C)(=S)c4cc(C5CCCC5)cc1c42)P3(C)=S. The molecule has 248 valence electrons. The lowest BCUT2D eigenvalue weighted by Crippen LogP contribution is -2.52. The van der Waals surface area contributed by atoms with Gasteiger partial charge in [-0.25, -0.2) is 0 Å². The number of nitrogens with zero attached hydrogens (tertiary/aromatic N) is 2. The predicted octanol–water partition coefficient (Wildman–Crippen LogP) is 8.88. The first kappa shape index (κ1) is 32.3. The van der Waals surface area contributed by atoms with Crippen molar-refractivity contribution < 1.29 is 0 Å². The van der Waals surface area contributed by atoms with E-state index in [0.717, 1.165) is 13.1 Å². The highest BCUT2D eigenvalue weighted by Gasteiger charge is 2.52. The third-order valence-corrected chi connectivity index (χ3v) is 25.7. The van der Waals surface area contributed by atoms with Crippen LogP contribution in [0, 0.1) is 0 Å². The Bertz CT molecular complexity index is 1860. The van der Waals surface area contributed by atoms with E-state index >= 15 is 0 Å². The normalized spacial score (nSPS) is 29.7. The van der Waals surface area contributed by atoms with E-state index in [4.69, 9.17) is 35.4 Å². The second kappa shape index (κ2) is 11.4. The first-order chi connectivity index (χ1) is 22.6. The van der Waals surface area contributed by atoms with Gasteiger partial charge in [0.2, 0.25) is 0 Å². The molecule has 3 saturated carbocycles. The molecule has 2 nitrogen and oxygen atoms in total. The van der Waals surface area contributed by atoms with Crippen LogP contribution in [0.15, 0.2) is 36.4 Å². The molecule has 6 aliphatic rings. The van der Waals surface area contributed by atoms with Gasteiger partial charge in [0.1, 0.15) is 0 Å². The summed E-state index contributed by atoms with van der Waals surface area (Å²) >= 11 is 21.4. The fraction of sp³-hybridized carbons (Fsp3) is 0.538. The first-order valence-electron chi connectivity index (χ1n) is 18.5. The number of hydrogen-bond acceptors (Lipinski definition) is 4. The van der Waals surface area contributed by atoms with E-state index in [0.29, 0.717) is 17.8 Å². The van der Waals surface area contributed by atoms with Gasteiger partial charge in [0, 0.05) is 57.0 Å². The molecular weight excluding hydrogens is 686 g/mol. The molecule has 0 aromatic heterocycles. The predicted molar refractivity (Wildman–Crippen MR) is 220 cm³/mol. The molecule has 2 unspecified atom stereocenters. The lowest BCUT2D eigenvalue weighted by atomic mass is 9.95. The van der Waals surface area contributed by atoms with Gasteiger partial charge in [-0.3, -0.25) is 4.67 Å². The summed E-state index contributed by atoms with van der Waals surface area (Å²) < 4.78 is 2.69. The molecular formula is C39H49N2P3S3. The molecule has 47 heavy (non-hydrogen) atoms. The minimum Gasteiger partial charge on any atom is -0.306 e. The van der Waals surface area contributed by atoms with Gasteiger partial charge in [-0.15, -0.1) is 0 Å². The maximum Gasteiger partial charge on any atom is 0.0751 e. The summed E-state index contributed by atoms with van der Waals surface area (Å²) in [4.78, 5) is 2.73. The number of benzene rings is 3. The van der Waals surface area contributed by atoms with Crippen molar-refractivity contribution in [2.75, 3.05) is 31.3 Å². The lowest BCUT2D eigenvalue weighted by molar-refractivity contribution is 0.513. The Labute approximate surface area is 298 Å². The van der Waals surface area contributed by atoms with Crippen LogP contribution in [0.4, 0.5) is 17.1 Å². The molecule has 0 amide bonds. The van der Waals surface area contributed by atoms with Crippen molar-refractivity contribution in [3.8, 4) is 0 Å². The summed E-state index contributed by atoms with van der Waals surface area (Å²) in [7, 11) is 0. The van der Waals surface area contributed by atoms with Crippen LogP contribution in [0.2, 0.25) is 0 Å². The largest absolute Gasteiger partial charge is 0.306 e. The van der Waals surface area contributed by atoms with Crippen molar-refractivity contribution >= 4 is 103 Å². The van der Waals surface area contributed by atoms with Crippen molar-refractivity contribution in [3.05, 3.63) is 53.1 Å². The van der Waals surface area contributed by atoms with Crippen LogP contribution >= 0.6 is 18.3 Å². The van der Waals surface area contributed by atoms with Crippen molar-refractivity contribution in [1.29, 1.82) is 0 Å². The van der Waals surface area contributed by atoms with Gasteiger partial charge >= 0.3 is 0 Å². The Kier molecular flexibility index (Phi) is 7.86. The highest BCUT2D eigenvalue weighted by Crippen LogP contribution is 2.66. The van der Waals surface area contributed by atoms with Gasteiger partial charge in [0.05, 0.1) is 23.3 Å². The Morgan fingerprint density at radius 1 is 0.532 bits per heavy atom. The monoisotopic (exact) mass is 734 g/mol. The van der Waals surface area contributed by atoms with Crippen molar-refractivity contribution in [3.63, 3.8) is 0 Å². The van der Waals surface area contributed by atoms with Crippen LogP contribution in [0.1, 0.15) is 125 Å². The molecule has 3 aliphatic carbocycles. The van der Waals surface area contributed by atoms with E-state index in [1.165, 1.54) is 143 Å². The average molecular weight is 735 g/mol. The Morgan fingerprint density at radius 3 is 1.11 bits per heavy atom. The topological polar surface area (TPSA) is 6.48 Å². The standard InChI is InChI=1S/C39H49N2P3S3/c1-5-40(6-2)44(47)35-23-29(26-15-9-10-16-26)21-33-38(35)41-37-31(42(33,3)45)19-28(25-13-7-8-14-25)20-32(37)43(4,46)34-22-30(24-36(44)39(34)41)27-17-11-12-18-27/h19-27H,5-18H2,1-4H3. The maximum atomic E-state index is 7.33. The summed E-state index contributed by atoms with van der Waals surface area (Å²) in [6, 6.07) is 11.4. The van der Waals surface area contributed by atoms with Crippen LogP contribution < -0.4 is 36.7 Å². The lowest BCUT2D eigenvalue weighted by Gasteiger charge is -2.53. The van der Waals surface area contributed by atoms with E-state index in [2.05, 4.69) is 73.1 Å². The van der Waals surface area contributed by atoms with Gasteiger partial charge in [-0.2, -0.15) is 0 Å². The molecule has 0 saturated heterocycles. The minimum atomic E-state index is -2.36. The van der Waals surface area contributed by atoms with Crippen LogP contribution in [-0.2, 0) is 35.4 Å². The zero-order valence-corrected chi connectivity index (χ0v) is 33.7. The molecule has 3 aromatic rings. The van der Waals surface area contributed by atoms with Gasteiger partial charge in [-0.05, 0) is 123 Å². The van der Waals surface area contributed by atoms with E-state index < -0.39 is 18.3 Å². The third kappa shape index (κ3) is 4.46. The molecule has 0 spiro atoms. The molecule has 0 N–H and O–H groups in total. The Morgan fingerprint density at radius 2 is 0.809 bits per heavy atom. The maximum absolute atomic E-state index is 7.33. The fourth-order valence-corrected chi connectivity index (χ4v) is 21.9. The highest BCUT2D eigenvalue weighted by atomic mass is 32.4. The molecule has 8 heteroatoms. The van der Waals surface area contributed by atoms with Crippen LogP contribution in [0.5, 0.6) is 0 Å². The summed E-state index contributed by atoms with van der Waals surface area (Å²) in [5.41, 5.74) is 8.73. The summed E-state index contributed by atoms with van der Waals surface area (Å²) in [6.45, 7) is 11.5. The van der Waals surface area contributed by atoms with Gasteiger partial charge in [0.25, 0.3) is 0 Å². The molecule has 9 rings (SSSR count). The van der Waals surface area contributed by atoms with Crippen molar-refractivity contribution in [2.45, 2.75) is 109 Å². The fourth-order valence-electron chi connectivity index (χ4n) is 10.5. The number of rotatable bonds is 6. The van der Waals surface area contributed by atoms with E-state index in [1.54, 1.807) is 0 Å². The van der Waals surface area contributed by atoms with Gasteiger partial charge in [-0.1, -0.05) is 87.8 Å². The highest BCUT2D eigenvalue weighted by molar-refractivity contribution is 8.24. The molecule has 3 fully saturated rings. The van der Waals surface area contributed by atoms with Crippen LogP contribution in [0.25, 0.3) is 0 Å². The van der Waals surface area contributed by atoms with Crippen LogP contribution in [-0.4, -0.2) is 31.1 Å². The molecule has 0 bridgehead atoms. The molecule has 0 radical (unpaired) electrons. The average Bonchev–Trinajstić information content (AvgIpc) is 3.88. The zero-order chi connectivity index (χ0) is 32.5. The molecule has 2 atom stereocenters. The van der Waals surface area contributed by atoms with E-state index in [-0.39, 0.29) is 0 Å².